The number of ether oxygens (including phenoxy) is 1. The predicted molar refractivity (Wildman–Crippen MR) is 119 cm³/mol. The van der Waals surface area contributed by atoms with Gasteiger partial charge in [-0.05, 0) is 51.8 Å². The second kappa shape index (κ2) is 9.63. The predicted octanol–water partition coefficient (Wildman–Crippen LogP) is 5.65. The topological polar surface area (TPSA) is 67.8 Å². The molecule has 0 heterocycles. The first-order chi connectivity index (χ1) is 13.9. The molecule has 5 nitrogen and oxygen atoms in total. The molecule has 0 radical (unpaired) electrons. The average Bonchev–Trinajstić information content (AvgIpc) is 2.69. The minimum absolute atomic E-state index is 0.125. The minimum Gasteiger partial charge on any atom is -0.486 e. The lowest BCUT2D eigenvalue weighted by atomic mass is 10.2. The molecular weight excluding hydrogens is 499 g/mol. The van der Waals surface area contributed by atoms with Gasteiger partial charge in [0, 0.05) is 10.6 Å². The lowest BCUT2D eigenvalue weighted by Crippen LogP contribution is -2.18. The highest BCUT2D eigenvalue weighted by Crippen LogP contribution is 2.35. The summed E-state index contributed by atoms with van der Waals surface area (Å²) in [7, 11) is -3.73. The number of sulfonamides is 1. The number of hydrazone groups is 1. The molecule has 9 heteroatoms. The van der Waals surface area contributed by atoms with Crippen molar-refractivity contribution in [2.75, 3.05) is 0 Å². The molecule has 1 N–H and O–H groups in total. The van der Waals surface area contributed by atoms with E-state index in [1.807, 2.05) is 18.2 Å². The van der Waals surface area contributed by atoms with Gasteiger partial charge in [-0.3, -0.25) is 0 Å². The Morgan fingerprint density at radius 3 is 2.38 bits per heavy atom. The Balaban J connectivity index is 1.70. The zero-order valence-electron chi connectivity index (χ0n) is 14.8. The Morgan fingerprint density at radius 1 is 1.00 bits per heavy atom. The summed E-state index contributed by atoms with van der Waals surface area (Å²) < 4.78 is 30.7. The molecule has 0 atom stereocenters. The van der Waals surface area contributed by atoms with Crippen molar-refractivity contribution in [3.63, 3.8) is 0 Å². The fraction of sp³-hybridized carbons (Fsp3) is 0.0500. The van der Waals surface area contributed by atoms with Crippen molar-refractivity contribution in [1.82, 2.24) is 4.83 Å². The van der Waals surface area contributed by atoms with Gasteiger partial charge in [-0.15, -0.1) is 0 Å². The van der Waals surface area contributed by atoms with Gasteiger partial charge in [0.2, 0.25) is 0 Å². The fourth-order valence-electron chi connectivity index (χ4n) is 2.38. The Morgan fingerprint density at radius 2 is 1.69 bits per heavy atom. The van der Waals surface area contributed by atoms with E-state index in [-0.39, 0.29) is 11.5 Å². The van der Waals surface area contributed by atoms with Crippen LogP contribution in [0, 0.1) is 0 Å². The molecule has 0 aliphatic heterocycles. The fourth-order valence-corrected chi connectivity index (χ4v) is 4.37. The van der Waals surface area contributed by atoms with Gasteiger partial charge in [0.15, 0.2) is 5.75 Å². The van der Waals surface area contributed by atoms with Crippen LogP contribution in [-0.4, -0.2) is 14.6 Å². The van der Waals surface area contributed by atoms with Crippen molar-refractivity contribution in [3.05, 3.63) is 92.4 Å². The van der Waals surface area contributed by atoms with Crippen molar-refractivity contribution in [2.24, 2.45) is 5.10 Å². The van der Waals surface area contributed by atoms with Crippen LogP contribution in [0.15, 0.2) is 81.2 Å². The van der Waals surface area contributed by atoms with Crippen LogP contribution >= 0.6 is 39.1 Å². The third-order valence-electron chi connectivity index (χ3n) is 3.79. The normalized spacial score (nSPS) is 11.6. The summed E-state index contributed by atoms with van der Waals surface area (Å²) in [4.78, 5) is 2.29. The molecule has 0 saturated carbocycles. The molecule has 0 saturated heterocycles. The summed E-state index contributed by atoms with van der Waals surface area (Å²) in [6, 6.07) is 18.7. The van der Waals surface area contributed by atoms with Crippen LogP contribution in [0.2, 0.25) is 10.0 Å². The number of halogens is 3. The average molecular weight is 514 g/mol. The Labute approximate surface area is 187 Å². The molecular formula is C20H15BrCl2N2O3S. The van der Waals surface area contributed by atoms with Crippen molar-refractivity contribution < 1.29 is 13.2 Å². The van der Waals surface area contributed by atoms with E-state index in [2.05, 4.69) is 25.9 Å². The number of hydrogen-bond acceptors (Lipinski definition) is 4. The van der Waals surface area contributed by atoms with Crippen molar-refractivity contribution >= 4 is 55.4 Å². The third kappa shape index (κ3) is 5.73. The first kappa shape index (κ1) is 21.6. The molecule has 150 valence electrons. The van der Waals surface area contributed by atoms with Crippen LogP contribution in [0.3, 0.4) is 0 Å². The Kier molecular flexibility index (Phi) is 7.18. The molecule has 0 amide bonds. The quantitative estimate of drug-likeness (QED) is 0.328. The maximum Gasteiger partial charge on any atom is 0.276 e. The zero-order valence-corrected chi connectivity index (χ0v) is 18.8. The molecule has 0 aliphatic carbocycles. The minimum atomic E-state index is -3.73. The molecule has 3 aromatic rings. The first-order valence-electron chi connectivity index (χ1n) is 8.32. The molecule has 29 heavy (non-hydrogen) atoms. The standard InChI is InChI=1S/C20H15BrCl2N2O3S/c21-17-10-14(12-24-25-29(26,27)16-7-2-1-3-8-16)11-19(23)20(17)28-13-15-6-4-5-9-18(15)22/h1-12,25H,13H2/b24-12-. The number of nitrogens with zero attached hydrogens (tertiary/aromatic N) is 1. The van der Waals surface area contributed by atoms with Gasteiger partial charge in [0.1, 0.15) is 6.61 Å². The number of nitrogens with one attached hydrogen (secondary N) is 1. The number of rotatable bonds is 7. The van der Waals surface area contributed by atoms with E-state index in [9.17, 15) is 8.42 Å². The van der Waals surface area contributed by atoms with Gasteiger partial charge in [0.25, 0.3) is 10.0 Å². The van der Waals surface area contributed by atoms with E-state index in [1.54, 1.807) is 36.4 Å². The summed E-state index contributed by atoms with van der Waals surface area (Å²) in [5, 5.41) is 4.76. The third-order valence-corrected chi connectivity index (χ3v) is 6.27. The van der Waals surface area contributed by atoms with E-state index in [1.165, 1.54) is 18.3 Å². The van der Waals surface area contributed by atoms with Crippen LogP contribution in [-0.2, 0) is 16.6 Å². The molecule has 0 spiro atoms. The molecule has 0 aromatic heterocycles. The van der Waals surface area contributed by atoms with Gasteiger partial charge in [0.05, 0.1) is 20.6 Å². The van der Waals surface area contributed by atoms with Crippen molar-refractivity contribution in [1.29, 1.82) is 0 Å². The highest BCUT2D eigenvalue weighted by Gasteiger charge is 2.12. The van der Waals surface area contributed by atoms with E-state index in [0.717, 1.165) is 5.56 Å². The lowest BCUT2D eigenvalue weighted by Gasteiger charge is -2.12. The number of hydrogen-bond donors (Lipinski definition) is 1. The van der Waals surface area contributed by atoms with Gasteiger partial charge >= 0.3 is 0 Å². The summed E-state index contributed by atoms with van der Waals surface area (Å²) in [6.45, 7) is 0.252. The van der Waals surface area contributed by atoms with Crippen LogP contribution in [0.1, 0.15) is 11.1 Å². The van der Waals surface area contributed by atoms with Crippen LogP contribution in [0.4, 0.5) is 0 Å². The van der Waals surface area contributed by atoms with Gasteiger partial charge in [-0.1, -0.05) is 59.6 Å². The second-order valence-corrected chi connectivity index (χ2v) is 9.19. The molecule has 0 bridgehead atoms. The van der Waals surface area contributed by atoms with Crippen molar-refractivity contribution in [3.8, 4) is 5.75 Å². The summed E-state index contributed by atoms with van der Waals surface area (Å²) in [5.74, 6) is 0.452. The summed E-state index contributed by atoms with van der Waals surface area (Å²) >= 11 is 15.9. The Hall–Kier alpha value is -2.06. The van der Waals surface area contributed by atoms with Gasteiger partial charge in [-0.25, -0.2) is 4.83 Å². The maximum absolute atomic E-state index is 12.2. The van der Waals surface area contributed by atoms with Crippen molar-refractivity contribution in [2.45, 2.75) is 11.5 Å². The monoisotopic (exact) mass is 512 g/mol. The molecule has 3 aromatic carbocycles. The highest BCUT2D eigenvalue weighted by molar-refractivity contribution is 9.10. The molecule has 0 fully saturated rings. The zero-order chi connectivity index (χ0) is 20.9. The van der Waals surface area contributed by atoms with Gasteiger partial charge < -0.3 is 4.74 Å². The summed E-state index contributed by atoms with van der Waals surface area (Å²) in [5.41, 5.74) is 1.42. The Bertz CT molecular complexity index is 1120. The number of benzene rings is 3. The van der Waals surface area contributed by atoms with E-state index in [4.69, 9.17) is 27.9 Å². The van der Waals surface area contributed by atoms with Gasteiger partial charge in [-0.2, -0.15) is 13.5 Å². The SMILES string of the molecule is O=S(=O)(N/N=C\c1cc(Cl)c(OCc2ccccc2Cl)c(Br)c1)c1ccccc1. The summed E-state index contributed by atoms with van der Waals surface area (Å²) in [6.07, 6.45) is 1.36. The first-order valence-corrected chi connectivity index (χ1v) is 11.4. The van der Waals surface area contributed by atoms with Crippen LogP contribution < -0.4 is 9.57 Å². The van der Waals surface area contributed by atoms with Crippen LogP contribution in [0.5, 0.6) is 5.75 Å². The molecule has 0 aliphatic rings. The van der Waals surface area contributed by atoms with E-state index >= 15 is 0 Å². The largest absolute Gasteiger partial charge is 0.486 e. The smallest absolute Gasteiger partial charge is 0.276 e. The highest BCUT2D eigenvalue weighted by atomic mass is 79.9. The maximum atomic E-state index is 12.2. The molecule has 3 rings (SSSR count). The van der Waals surface area contributed by atoms with Crippen LogP contribution in [0.25, 0.3) is 0 Å². The lowest BCUT2D eigenvalue weighted by molar-refractivity contribution is 0.304. The van der Waals surface area contributed by atoms with E-state index < -0.39 is 10.0 Å². The molecule has 0 unspecified atom stereocenters. The second-order valence-electron chi connectivity index (χ2n) is 5.86. The van der Waals surface area contributed by atoms with E-state index in [0.29, 0.717) is 25.8 Å².